The van der Waals surface area contributed by atoms with Gasteiger partial charge in [0.1, 0.15) is 5.69 Å². The van der Waals surface area contributed by atoms with Gasteiger partial charge in [0.05, 0.1) is 24.0 Å². The van der Waals surface area contributed by atoms with Crippen LogP contribution in [0.15, 0.2) is 12.4 Å². The summed E-state index contributed by atoms with van der Waals surface area (Å²) in [6.07, 6.45) is 4.28. The van der Waals surface area contributed by atoms with E-state index in [2.05, 4.69) is 34.5 Å². The molecule has 1 N–H and O–H groups in total. The van der Waals surface area contributed by atoms with Crippen LogP contribution in [0.3, 0.4) is 0 Å². The Balaban J connectivity index is 1.89. The number of nitrogens with one attached hydrogen (secondary N) is 1. The van der Waals surface area contributed by atoms with Gasteiger partial charge >= 0.3 is 0 Å². The molecular formula is C13H18N6O. The molecule has 20 heavy (non-hydrogen) atoms. The minimum Gasteiger partial charge on any atom is -0.351 e. The van der Waals surface area contributed by atoms with Crippen molar-refractivity contribution in [1.29, 1.82) is 0 Å². The molecule has 2 aromatic rings. The van der Waals surface area contributed by atoms with E-state index in [0.29, 0.717) is 18.7 Å². The molecule has 0 saturated carbocycles. The summed E-state index contributed by atoms with van der Waals surface area (Å²) in [5.41, 5.74) is 2.37. The Bertz CT molecular complexity index is 654. The summed E-state index contributed by atoms with van der Waals surface area (Å²) in [7, 11) is 1.78. The van der Waals surface area contributed by atoms with Gasteiger partial charge in [-0.25, -0.2) is 0 Å². The standard InChI is InChI=1S/C13H18N6O/c1-13(2)4-11-10(12(20)14-8-13)7-19(17-11)6-9-5-15-18(3)16-9/h5,7H,4,6,8H2,1-3H3,(H,14,20). The Labute approximate surface area is 117 Å². The van der Waals surface area contributed by atoms with Gasteiger partial charge in [-0.3, -0.25) is 9.48 Å². The summed E-state index contributed by atoms with van der Waals surface area (Å²) >= 11 is 0. The molecule has 0 spiro atoms. The quantitative estimate of drug-likeness (QED) is 0.858. The highest BCUT2D eigenvalue weighted by atomic mass is 16.1. The van der Waals surface area contributed by atoms with Gasteiger partial charge in [0, 0.05) is 19.8 Å². The number of hydrogen-bond acceptors (Lipinski definition) is 4. The fourth-order valence-electron chi connectivity index (χ4n) is 2.42. The fourth-order valence-corrected chi connectivity index (χ4v) is 2.42. The van der Waals surface area contributed by atoms with Crippen molar-refractivity contribution in [3.63, 3.8) is 0 Å². The van der Waals surface area contributed by atoms with Crippen molar-refractivity contribution >= 4 is 5.91 Å². The maximum Gasteiger partial charge on any atom is 0.254 e. The molecule has 0 aromatic carbocycles. The van der Waals surface area contributed by atoms with Crippen LogP contribution in [-0.4, -0.2) is 37.2 Å². The molecule has 0 radical (unpaired) electrons. The topological polar surface area (TPSA) is 77.6 Å². The first-order chi connectivity index (χ1) is 9.43. The van der Waals surface area contributed by atoms with Crippen LogP contribution in [-0.2, 0) is 20.0 Å². The molecule has 3 rings (SSSR count). The number of carbonyl (C=O) groups is 1. The first kappa shape index (κ1) is 12.8. The van der Waals surface area contributed by atoms with Crippen molar-refractivity contribution in [3.8, 4) is 0 Å². The number of aromatic nitrogens is 5. The van der Waals surface area contributed by atoms with Crippen molar-refractivity contribution in [2.45, 2.75) is 26.8 Å². The zero-order valence-electron chi connectivity index (χ0n) is 11.9. The van der Waals surface area contributed by atoms with Crippen LogP contribution >= 0.6 is 0 Å². The van der Waals surface area contributed by atoms with Gasteiger partial charge in [-0.2, -0.15) is 20.1 Å². The molecule has 0 atom stereocenters. The Morgan fingerprint density at radius 2 is 2.20 bits per heavy atom. The number of aryl methyl sites for hydroxylation is 1. The third kappa shape index (κ3) is 2.43. The minimum atomic E-state index is -0.0454. The number of nitrogens with zero attached hydrogens (tertiary/aromatic N) is 5. The maximum absolute atomic E-state index is 12.1. The van der Waals surface area contributed by atoms with Crippen LogP contribution in [0.1, 0.15) is 35.6 Å². The van der Waals surface area contributed by atoms with Crippen LogP contribution in [0, 0.1) is 5.41 Å². The molecule has 0 aliphatic carbocycles. The van der Waals surface area contributed by atoms with E-state index >= 15 is 0 Å². The van der Waals surface area contributed by atoms with Gasteiger partial charge in [-0.1, -0.05) is 13.8 Å². The van der Waals surface area contributed by atoms with E-state index < -0.39 is 0 Å². The van der Waals surface area contributed by atoms with Gasteiger partial charge in [0.2, 0.25) is 0 Å². The molecule has 0 saturated heterocycles. The molecule has 0 unspecified atom stereocenters. The van der Waals surface area contributed by atoms with Crippen molar-refractivity contribution in [1.82, 2.24) is 30.1 Å². The second kappa shape index (κ2) is 4.43. The highest BCUT2D eigenvalue weighted by molar-refractivity contribution is 5.95. The molecule has 0 bridgehead atoms. The van der Waals surface area contributed by atoms with E-state index in [4.69, 9.17) is 0 Å². The van der Waals surface area contributed by atoms with Crippen molar-refractivity contribution in [3.05, 3.63) is 29.3 Å². The first-order valence-corrected chi connectivity index (χ1v) is 6.63. The van der Waals surface area contributed by atoms with E-state index in [1.807, 2.05) is 0 Å². The van der Waals surface area contributed by atoms with Crippen LogP contribution in [0.4, 0.5) is 0 Å². The largest absolute Gasteiger partial charge is 0.351 e. The molecule has 1 aliphatic heterocycles. The highest BCUT2D eigenvalue weighted by Gasteiger charge is 2.29. The number of fused-ring (bicyclic) bond motifs is 1. The summed E-state index contributed by atoms with van der Waals surface area (Å²) in [4.78, 5) is 13.6. The Hall–Kier alpha value is -2.18. The zero-order chi connectivity index (χ0) is 14.3. The van der Waals surface area contributed by atoms with E-state index in [-0.39, 0.29) is 11.3 Å². The molecule has 0 fully saturated rings. The zero-order valence-corrected chi connectivity index (χ0v) is 11.9. The van der Waals surface area contributed by atoms with Crippen molar-refractivity contribution < 1.29 is 4.79 Å². The van der Waals surface area contributed by atoms with Gasteiger partial charge < -0.3 is 5.32 Å². The summed E-state index contributed by atoms with van der Waals surface area (Å²) in [5, 5.41) is 15.7. The van der Waals surface area contributed by atoms with Gasteiger partial charge in [0.15, 0.2) is 0 Å². The third-order valence-electron chi connectivity index (χ3n) is 3.43. The third-order valence-corrected chi connectivity index (χ3v) is 3.43. The van der Waals surface area contributed by atoms with E-state index in [9.17, 15) is 4.79 Å². The van der Waals surface area contributed by atoms with Crippen LogP contribution in [0.2, 0.25) is 0 Å². The van der Waals surface area contributed by atoms with Crippen LogP contribution in [0.25, 0.3) is 0 Å². The molecule has 7 nitrogen and oxygen atoms in total. The highest BCUT2D eigenvalue weighted by Crippen LogP contribution is 2.25. The Kier molecular flexibility index (Phi) is 2.84. The second-order valence-corrected chi connectivity index (χ2v) is 6.04. The number of hydrogen-bond donors (Lipinski definition) is 1. The number of rotatable bonds is 2. The number of carbonyl (C=O) groups excluding carboxylic acids is 1. The fraction of sp³-hybridized carbons (Fsp3) is 0.538. The average Bonchev–Trinajstić information content (AvgIpc) is 2.91. The summed E-state index contributed by atoms with van der Waals surface area (Å²) in [5.74, 6) is -0.0454. The van der Waals surface area contributed by atoms with E-state index in [1.165, 1.54) is 4.80 Å². The Morgan fingerprint density at radius 3 is 2.90 bits per heavy atom. The summed E-state index contributed by atoms with van der Waals surface area (Å²) < 4.78 is 1.76. The van der Waals surface area contributed by atoms with Gasteiger partial charge in [-0.05, 0) is 11.8 Å². The van der Waals surface area contributed by atoms with Crippen molar-refractivity contribution in [2.24, 2.45) is 12.5 Å². The SMILES string of the molecule is Cn1ncc(Cn2cc3c(n2)CC(C)(C)CNC3=O)n1. The Morgan fingerprint density at radius 1 is 1.40 bits per heavy atom. The molecule has 1 amide bonds. The molecule has 106 valence electrons. The normalized spacial score (nSPS) is 17.4. The maximum atomic E-state index is 12.1. The van der Waals surface area contributed by atoms with Gasteiger partial charge in [0.25, 0.3) is 5.91 Å². The van der Waals surface area contributed by atoms with E-state index in [0.717, 1.165) is 17.8 Å². The summed E-state index contributed by atoms with van der Waals surface area (Å²) in [6.45, 7) is 5.45. The lowest BCUT2D eigenvalue weighted by atomic mass is 9.88. The van der Waals surface area contributed by atoms with Crippen LogP contribution < -0.4 is 5.32 Å². The molecule has 7 heteroatoms. The lowest BCUT2D eigenvalue weighted by molar-refractivity contribution is 0.0944. The van der Waals surface area contributed by atoms with Crippen molar-refractivity contribution in [2.75, 3.05) is 6.54 Å². The molecule has 1 aliphatic rings. The molecule has 2 aromatic heterocycles. The monoisotopic (exact) mass is 274 g/mol. The van der Waals surface area contributed by atoms with Gasteiger partial charge in [-0.15, -0.1) is 0 Å². The lowest BCUT2D eigenvalue weighted by Gasteiger charge is -2.21. The first-order valence-electron chi connectivity index (χ1n) is 6.63. The molecular weight excluding hydrogens is 256 g/mol. The predicted octanol–water partition coefficient (Wildman–Crippen LogP) is 0.372. The lowest BCUT2D eigenvalue weighted by Crippen LogP contribution is -2.31. The minimum absolute atomic E-state index is 0.0205. The van der Waals surface area contributed by atoms with E-state index in [1.54, 1.807) is 24.1 Å². The second-order valence-electron chi connectivity index (χ2n) is 6.04. The summed E-state index contributed by atoms with van der Waals surface area (Å²) in [6, 6.07) is 0. The smallest absolute Gasteiger partial charge is 0.254 e. The van der Waals surface area contributed by atoms with Crippen LogP contribution in [0.5, 0.6) is 0 Å². The molecule has 3 heterocycles. The number of amides is 1. The average molecular weight is 274 g/mol. The predicted molar refractivity (Wildman–Crippen MR) is 72.2 cm³/mol.